The molecule has 22 nitrogen and oxygen atoms in total. The Morgan fingerprint density at radius 2 is 1.05 bits per heavy atom. The van der Waals surface area contributed by atoms with Gasteiger partial charge in [0.1, 0.15) is 35.3 Å². The van der Waals surface area contributed by atoms with Gasteiger partial charge >= 0.3 is 7.12 Å². The molecule has 4 aromatic heterocycles. The van der Waals surface area contributed by atoms with Crippen LogP contribution in [-0.4, -0.2) is 160 Å². The first kappa shape index (κ1) is 60.8. The molecule has 6 aromatic rings. The molecule has 5 aliphatic heterocycles. The summed E-state index contributed by atoms with van der Waals surface area (Å²) >= 11 is 18.5. The first-order valence-corrected chi connectivity index (χ1v) is 28.1. The van der Waals surface area contributed by atoms with Crippen LogP contribution in [0.1, 0.15) is 70.7 Å². The Labute approximate surface area is 500 Å². The number of nitrogen functional groups attached to an aromatic ring is 2. The number of amides is 4. The second kappa shape index (κ2) is 27.3. The van der Waals surface area contributed by atoms with Crippen LogP contribution in [0.25, 0.3) is 23.5 Å². The maximum atomic E-state index is 12.6. The van der Waals surface area contributed by atoms with Crippen LogP contribution in [0.4, 0.5) is 11.6 Å². The number of aromatic nitrogens is 6. The number of morpholine rings is 2. The van der Waals surface area contributed by atoms with Crippen molar-refractivity contribution in [2.75, 3.05) is 77.2 Å². The lowest BCUT2D eigenvalue weighted by Gasteiger charge is -2.32. The minimum absolute atomic E-state index is 0.0741. The van der Waals surface area contributed by atoms with Crippen molar-refractivity contribution >= 4 is 94.8 Å². The van der Waals surface area contributed by atoms with E-state index in [0.717, 1.165) is 33.3 Å². The molecule has 9 heterocycles. The topological polar surface area (TPSA) is 284 Å². The fourth-order valence-corrected chi connectivity index (χ4v) is 9.77. The number of nitrogens with one attached hydrogen (secondary N) is 2. The summed E-state index contributed by atoms with van der Waals surface area (Å²) in [4.78, 5) is 76.7. The van der Waals surface area contributed by atoms with E-state index in [4.69, 9.17) is 74.5 Å². The average Bonchev–Trinajstić information content (AvgIpc) is 3.33. The van der Waals surface area contributed by atoms with Crippen LogP contribution in [-0.2, 0) is 41.2 Å². The van der Waals surface area contributed by atoms with Crippen molar-refractivity contribution in [3.63, 3.8) is 0 Å². The van der Waals surface area contributed by atoms with E-state index < -0.39 is 18.3 Å². The first-order chi connectivity index (χ1) is 40.3. The van der Waals surface area contributed by atoms with Crippen molar-refractivity contribution in [3.05, 3.63) is 147 Å². The minimum atomic E-state index is -0.491. The standard InChI is InChI=1S/C26H25ClN6O4.C23H27BClN3O4.C9H10ClN3O2/c27-21-11-18(25-31-13-19(14-32-25)26(35)33-5-7-36-8-6-33)9-17-10-20(37-24(17)21)15-30-23(34)4-2-16-1-3-22(28)29-12-16;1-22(2)23(3,4)32-24(31-22)16-9-15-10-17(30-21(15)18(25)11-16)13-28-20(29)8-6-14-5-7-19(26)27-12-14;10-9-11-5-7(6-12-9)8(14)13-1-3-15-4-2-13/h1-4,9,11-14,20H,5-8,10,15H2,(H2,28,29)(H,30,34);5-9,11-12,17H,10,13H2,1-4H3,(H2,26,27)(H,28,29);5-6H,1-4H2/b4-2+;8-6+;. The Morgan fingerprint density at radius 3 is 1.50 bits per heavy atom. The van der Waals surface area contributed by atoms with Gasteiger partial charge in [-0.25, -0.2) is 29.9 Å². The van der Waals surface area contributed by atoms with Gasteiger partial charge in [-0.1, -0.05) is 29.3 Å². The number of pyridine rings is 2. The molecular weight excluding hydrogens is 1140 g/mol. The van der Waals surface area contributed by atoms with Gasteiger partial charge in [0.2, 0.25) is 17.1 Å². The van der Waals surface area contributed by atoms with Crippen molar-refractivity contribution in [2.45, 2.75) is 63.9 Å². The van der Waals surface area contributed by atoms with Crippen LogP contribution in [0.3, 0.4) is 0 Å². The molecule has 84 heavy (non-hydrogen) atoms. The Balaban J connectivity index is 0.000000164. The molecule has 5 aliphatic rings. The fourth-order valence-electron chi connectivity index (χ4n) is 9.10. The number of carbonyl (C=O) groups excluding carboxylic acids is 4. The normalized spacial score (nSPS) is 18.3. The van der Waals surface area contributed by atoms with Crippen LogP contribution in [0, 0.1) is 0 Å². The summed E-state index contributed by atoms with van der Waals surface area (Å²) in [5, 5.41) is 6.80. The van der Waals surface area contributed by atoms with Crippen LogP contribution in [0.5, 0.6) is 11.5 Å². The maximum absolute atomic E-state index is 12.6. The third kappa shape index (κ3) is 15.7. The molecule has 4 amide bonds. The van der Waals surface area contributed by atoms with Gasteiger partial charge in [-0.3, -0.25) is 19.2 Å². The molecule has 2 unspecified atom stereocenters. The zero-order valence-corrected chi connectivity index (χ0v) is 48.8. The summed E-state index contributed by atoms with van der Waals surface area (Å²) in [6.45, 7) is 13.3. The molecule has 3 saturated heterocycles. The molecule has 11 rings (SSSR count). The number of nitrogens with zero attached hydrogens (tertiary/aromatic N) is 8. The fraction of sp³-hybridized carbons (Fsp3) is 0.345. The maximum Gasteiger partial charge on any atom is 0.494 e. The third-order valence-electron chi connectivity index (χ3n) is 14.4. The van der Waals surface area contributed by atoms with Crippen molar-refractivity contribution in [2.24, 2.45) is 0 Å². The number of hydrogen-bond donors (Lipinski definition) is 4. The highest BCUT2D eigenvalue weighted by Crippen LogP contribution is 2.41. The zero-order chi connectivity index (χ0) is 59.5. The molecule has 6 N–H and O–H groups in total. The Bertz CT molecular complexity index is 3370. The van der Waals surface area contributed by atoms with Gasteiger partial charge in [0.05, 0.1) is 71.9 Å². The van der Waals surface area contributed by atoms with Crippen molar-refractivity contribution in [3.8, 4) is 22.9 Å². The quantitative estimate of drug-likeness (QED) is 0.0646. The highest BCUT2D eigenvalue weighted by molar-refractivity contribution is 6.62. The van der Waals surface area contributed by atoms with Crippen LogP contribution < -0.4 is 37.0 Å². The van der Waals surface area contributed by atoms with E-state index in [1.165, 1.54) is 36.9 Å². The molecule has 438 valence electrons. The molecule has 3 fully saturated rings. The molecule has 0 spiro atoms. The minimum Gasteiger partial charge on any atom is -0.486 e. The summed E-state index contributed by atoms with van der Waals surface area (Å²) in [6.07, 6.45) is 16.1. The number of halogens is 3. The Morgan fingerprint density at radius 1 is 0.607 bits per heavy atom. The number of rotatable bonds is 12. The van der Waals surface area contributed by atoms with E-state index in [9.17, 15) is 19.2 Å². The van der Waals surface area contributed by atoms with Crippen LogP contribution in [0.15, 0.2) is 97.9 Å². The predicted octanol–water partition coefficient (Wildman–Crippen LogP) is 5.73. The van der Waals surface area contributed by atoms with E-state index in [0.29, 0.717) is 129 Å². The summed E-state index contributed by atoms with van der Waals surface area (Å²) in [7, 11) is -0.491. The number of ether oxygens (including phenoxy) is 4. The first-order valence-electron chi connectivity index (χ1n) is 27.0. The molecular formula is C58H62BCl3N12O10. The van der Waals surface area contributed by atoms with Gasteiger partial charge in [-0.2, -0.15) is 0 Å². The summed E-state index contributed by atoms with van der Waals surface area (Å²) < 4.78 is 34.7. The molecule has 0 radical (unpaired) electrons. The van der Waals surface area contributed by atoms with Gasteiger partial charge in [0.25, 0.3) is 11.8 Å². The van der Waals surface area contributed by atoms with Crippen LogP contribution in [0.2, 0.25) is 15.3 Å². The molecule has 0 aliphatic carbocycles. The SMILES string of the molecule is CC1(C)OB(c2cc(Cl)c3c(c2)CC(CNC(=O)/C=C/c2ccc(N)nc2)O3)OC1(C)C.Nc1ccc(/C=C/C(=O)NCC2Cc3cc(-c4ncc(C(=O)N5CCOCC5)cn4)cc(Cl)c3O2)cn1.O=C(c1cnc(Cl)nc1)N1CCOCC1. The van der Waals surface area contributed by atoms with Crippen LogP contribution >= 0.6 is 34.8 Å². The smallest absolute Gasteiger partial charge is 0.486 e. The second-order valence-corrected chi connectivity index (χ2v) is 22.1. The lowest BCUT2D eigenvalue weighted by atomic mass is 9.78. The predicted molar refractivity (Wildman–Crippen MR) is 318 cm³/mol. The number of anilines is 2. The van der Waals surface area contributed by atoms with E-state index in [-0.39, 0.29) is 41.1 Å². The Kier molecular flexibility index (Phi) is 19.8. The van der Waals surface area contributed by atoms with Crippen molar-refractivity contribution in [1.82, 2.24) is 50.3 Å². The molecule has 2 aromatic carbocycles. The highest BCUT2D eigenvalue weighted by atomic mass is 35.5. The lowest BCUT2D eigenvalue weighted by molar-refractivity contribution is -0.117. The van der Waals surface area contributed by atoms with E-state index in [1.807, 2.05) is 45.9 Å². The second-order valence-electron chi connectivity index (χ2n) is 20.9. The molecule has 2 atom stereocenters. The number of fused-ring (bicyclic) bond motifs is 2. The Hall–Kier alpha value is -7.77. The van der Waals surface area contributed by atoms with Crippen molar-refractivity contribution in [1.29, 1.82) is 0 Å². The molecule has 0 saturated carbocycles. The van der Waals surface area contributed by atoms with E-state index >= 15 is 0 Å². The van der Waals surface area contributed by atoms with Gasteiger partial charge in [-0.15, -0.1) is 0 Å². The third-order valence-corrected chi connectivity index (χ3v) is 15.1. The van der Waals surface area contributed by atoms with Gasteiger partial charge in [0.15, 0.2) is 5.82 Å². The lowest BCUT2D eigenvalue weighted by Crippen LogP contribution is -2.41. The molecule has 0 bridgehead atoms. The van der Waals surface area contributed by atoms with Crippen molar-refractivity contribution < 1.29 is 47.4 Å². The van der Waals surface area contributed by atoms with E-state index in [1.54, 1.807) is 64.7 Å². The van der Waals surface area contributed by atoms with Gasteiger partial charge < -0.3 is 60.2 Å². The summed E-state index contributed by atoms with van der Waals surface area (Å²) in [5.41, 5.74) is 16.2. The largest absolute Gasteiger partial charge is 0.494 e. The van der Waals surface area contributed by atoms with E-state index in [2.05, 4.69) is 40.5 Å². The van der Waals surface area contributed by atoms with Gasteiger partial charge in [0, 0.05) is 99.5 Å². The number of carbonyl (C=O) groups is 4. The van der Waals surface area contributed by atoms with Gasteiger partial charge in [-0.05, 0) is 116 Å². The monoisotopic (exact) mass is 1200 g/mol. The number of benzene rings is 2. The number of nitrogens with two attached hydrogens (primary N) is 2. The molecule has 26 heteroatoms. The summed E-state index contributed by atoms with van der Waals surface area (Å²) in [5.74, 6) is 1.90. The average molecular weight is 1200 g/mol. The highest BCUT2D eigenvalue weighted by Gasteiger charge is 2.52. The number of hydrogen-bond acceptors (Lipinski definition) is 18. The zero-order valence-electron chi connectivity index (χ0n) is 46.6. The summed E-state index contributed by atoms with van der Waals surface area (Å²) in [6, 6.07) is 14.4.